The Morgan fingerprint density at radius 3 is 2.92 bits per heavy atom. The first-order valence-electron chi connectivity index (χ1n) is 3.47. The summed E-state index contributed by atoms with van der Waals surface area (Å²) in [5.74, 6) is 0.744. The molecule has 0 amide bonds. The molecular weight excluding hydrogens is 174 g/mol. The molecule has 2 aromatic rings. The molecule has 1 N–H and O–H groups in total. The molecule has 2 aromatic heterocycles. The van der Waals surface area contributed by atoms with Crippen molar-refractivity contribution in [3.05, 3.63) is 35.9 Å². The second kappa shape index (κ2) is 2.95. The van der Waals surface area contributed by atoms with Crippen LogP contribution >= 0.6 is 11.6 Å². The van der Waals surface area contributed by atoms with Crippen LogP contribution in [0.3, 0.4) is 0 Å². The summed E-state index contributed by atoms with van der Waals surface area (Å²) in [4.78, 5) is 11.0. The number of nitrogens with one attached hydrogen (secondary N) is 1. The predicted molar refractivity (Wildman–Crippen MR) is 46.8 cm³/mol. The number of hydrogen-bond acceptors (Lipinski definition) is 2. The number of halogens is 1. The van der Waals surface area contributed by atoms with Gasteiger partial charge in [-0.05, 0) is 6.07 Å². The molecule has 0 aliphatic heterocycles. The van der Waals surface area contributed by atoms with E-state index >= 15 is 0 Å². The highest BCUT2D eigenvalue weighted by Gasteiger charge is 2.03. The van der Waals surface area contributed by atoms with Gasteiger partial charge < -0.3 is 4.98 Å². The van der Waals surface area contributed by atoms with E-state index < -0.39 is 0 Å². The zero-order valence-corrected chi connectivity index (χ0v) is 6.92. The fourth-order valence-corrected chi connectivity index (χ4v) is 1.16. The first-order chi connectivity index (χ1) is 5.88. The molecule has 60 valence electrons. The Balaban J connectivity index is 2.55. The lowest BCUT2D eigenvalue weighted by atomic mass is 10.3. The molecule has 4 heteroatoms. The highest BCUT2D eigenvalue weighted by Crippen LogP contribution is 2.22. The summed E-state index contributed by atoms with van der Waals surface area (Å²) >= 11 is 5.92. The molecular formula is C8H6ClN3. The normalized spacial score (nSPS) is 10.1. The van der Waals surface area contributed by atoms with Crippen molar-refractivity contribution in [3.8, 4) is 11.4 Å². The van der Waals surface area contributed by atoms with Gasteiger partial charge in [0, 0.05) is 24.8 Å². The summed E-state index contributed by atoms with van der Waals surface area (Å²) in [5.41, 5.74) is 0.823. The standard InChI is InChI=1S/C8H6ClN3/c9-7-1-2-10-5-6(7)8-11-3-4-12-8/h1-5H,(H,11,12). The minimum Gasteiger partial charge on any atom is -0.345 e. The van der Waals surface area contributed by atoms with Crippen LogP contribution in [-0.2, 0) is 0 Å². The third-order valence-electron chi connectivity index (χ3n) is 1.52. The summed E-state index contributed by atoms with van der Waals surface area (Å²) < 4.78 is 0. The van der Waals surface area contributed by atoms with Crippen molar-refractivity contribution >= 4 is 11.6 Å². The van der Waals surface area contributed by atoms with Crippen LogP contribution in [0.25, 0.3) is 11.4 Å². The Morgan fingerprint density at radius 2 is 2.25 bits per heavy atom. The van der Waals surface area contributed by atoms with E-state index in [0.717, 1.165) is 11.4 Å². The maximum Gasteiger partial charge on any atom is 0.140 e. The smallest absolute Gasteiger partial charge is 0.140 e. The SMILES string of the molecule is Clc1ccncc1-c1ncc[nH]1. The largest absolute Gasteiger partial charge is 0.345 e. The molecule has 0 radical (unpaired) electrons. The monoisotopic (exact) mass is 179 g/mol. The van der Waals surface area contributed by atoms with E-state index in [1.807, 2.05) is 0 Å². The molecule has 2 heterocycles. The van der Waals surface area contributed by atoms with Crippen LogP contribution in [0.4, 0.5) is 0 Å². The highest BCUT2D eigenvalue weighted by atomic mass is 35.5. The molecule has 12 heavy (non-hydrogen) atoms. The molecule has 2 rings (SSSR count). The van der Waals surface area contributed by atoms with E-state index in [-0.39, 0.29) is 0 Å². The van der Waals surface area contributed by atoms with Crippen LogP contribution in [0.2, 0.25) is 5.02 Å². The van der Waals surface area contributed by atoms with Gasteiger partial charge in [0.1, 0.15) is 5.82 Å². The second-order valence-corrected chi connectivity index (χ2v) is 2.70. The fourth-order valence-electron chi connectivity index (χ4n) is 0.964. The number of imidazole rings is 1. The Labute approximate surface area is 74.4 Å². The quantitative estimate of drug-likeness (QED) is 0.729. The van der Waals surface area contributed by atoms with Gasteiger partial charge in [0.05, 0.1) is 10.6 Å². The van der Waals surface area contributed by atoms with Gasteiger partial charge in [-0.1, -0.05) is 11.6 Å². The fraction of sp³-hybridized carbons (Fsp3) is 0. The Morgan fingerprint density at radius 1 is 1.33 bits per heavy atom. The van der Waals surface area contributed by atoms with Crippen LogP contribution in [0, 0.1) is 0 Å². The van der Waals surface area contributed by atoms with Gasteiger partial charge in [0.25, 0.3) is 0 Å². The molecule has 0 aromatic carbocycles. The number of rotatable bonds is 1. The van der Waals surface area contributed by atoms with E-state index in [0.29, 0.717) is 5.02 Å². The van der Waals surface area contributed by atoms with Crippen molar-refractivity contribution in [2.75, 3.05) is 0 Å². The van der Waals surface area contributed by atoms with Gasteiger partial charge in [-0.2, -0.15) is 0 Å². The van der Waals surface area contributed by atoms with E-state index in [2.05, 4.69) is 15.0 Å². The zero-order chi connectivity index (χ0) is 8.39. The Bertz CT molecular complexity index is 370. The molecule has 0 spiro atoms. The van der Waals surface area contributed by atoms with E-state index in [1.165, 1.54) is 0 Å². The summed E-state index contributed by atoms with van der Waals surface area (Å²) in [6.45, 7) is 0. The van der Waals surface area contributed by atoms with Crippen LogP contribution in [0.1, 0.15) is 0 Å². The van der Waals surface area contributed by atoms with Crippen LogP contribution < -0.4 is 0 Å². The van der Waals surface area contributed by atoms with Crippen LogP contribution in [0.5, 0.6) is 0 Å². The van der Waals surface area contributed by atoms with Gasteiger partial charge in [0.15, 0.2) is 0 Å². The molecule has 0 unspecified atom stereocenters. The first-order valence-corrected chi connectivity index (χ1v) is 3.85. The highest BCUT2D eigenvalue weighted by molar-refractivity contribution is 6.33. The van der Waals surface area contributed by atoms with Gasteiger partial charge in [-0.3, -0.25) is 4.98 Å². The predicted octanol–water partition coefficient (Wildman–Crippen LogP) is 2.13. The topological polar surface area (TPSA) is 41.6 Å². The lowest BCUT2D eigenvalue weighted by Crippen LogP contribution is -1.82. The Hall–Kier alpha value is -1.35. The number of hydrogen-bond donors (Lipinski definition) is 1. The molecule has 0 saturated heterocycles. The number of H-pyrrole nitrogens is 1. The van der Waals surface area contributed by atoms with E-state index in [4.69, 9.17) is 11.6 Å². The zero-order valence-electron chi connectivity index (χ0n) is 6.16. The number of aromatic amines is 1. The lowest BCUT2D eigenvalue weighted by Gasteiger charge is -1.97. The third-order valence-corrected chi connectivity index (χ3v) is 1.85. The van der Waals surface area contributed by atoms with Crippen molar-refractivity contribution in [1.82, 2.24) is 15.0 Å². The lowest BCUT2D eigenvalue weighted by molar-refractivity contribution is 1.26. The van der Waals surface area contributed by atoms with Crippen molar-refractivity contribution in [1.29, 1.82) is 0 Å². The van der Waals surface area contributed by atoms with Crippen LogP contribution in [0.15, 0.2) is 30.9 Å². The summed E-state index contributed by atoms with van der Waals surface area (Å²) in [6, 6.07) is 1.74. The van der Waals surface area contributed by atoms with Gasteiger partial charge in [0.2, 0.25) is 0 Å². The molecule has 0 fully saturated rings. The average Bonchev–Trinajstić information content (AvgIpc) is 2.57. The summed E-state index contributed by atoms with van der Waals surface area (Å²) in [5, 5.41) is 0.653. The Kier molecular flexibility index (Phi) is 1.80. The maximum atomic E-state index is 5.92. The molecule has 0 aliphatic carbocycles. The van der Waals surface area contributed by atoms with Crippen molar-refractivity contribution in [2.45, 2.75) is 0 Å². The van der Waals surface area contributed by atoms with Crippen molar-refractivity contribution in [2.24, 2.45) is 0 Å². The van der Waals surface area contributed by atoms with E-state index in [9.17, 15) is 0 Å². The molecule has 0 bridgehead atoms. The molecule has 0 aliphatic rings. The maximum absolute atomic E-state index is 5.92. The minimum absolute atomic E-state index is 0.653. The molecule has 0 saturated carbocycles. The minimum atomic E-state index is 0.653. The van der Waals surface area contributed by atoms with Gasteiger partial charge in [-0.15, -0.1) is 0 Å². The number of aromatic nitrogens is 3. The summed E-state index contributed by atoms with van der Waals surface area (Å²) in [6.07, 6.45) is 6.76. The molecule has 3 nitrogen and oxygen atoms in total. The van der Waals surface area contributed by atoms with Gasteiger partial charge in [-0.25, -0.2) is 4.98 Å². The van der Waals surface area contributed by atoms with Crippen molar-refractivity contribution in [3.63, 3.8) is 0 Å². The van der Waals surface area contributed by atoms with Gasteiger partial charge >= 0.3 is 0 Å². The molecule has 0 atom stereocenters. The van der Waals surface area contributed by atoms with E-state index in [1.54, 1.807) is 30.9 Å². The van der Waals surface area contributed by atoms with Crippen LogP contribution in [-0.4, -0.2) is 15.0 Å². The third kappa shape index (κ3) is 1.19. The summed E-state index contributed by atoms with van der Waals surface area (Å²) in [7, 11) is 0. The average molecular weight is 180 g/mol. The number of pyridine rings is 1. The first kappa shape index (κ1) is 7.31. The van der Waals surface area contributed by atoms with Crippen molar-refractivity contribution < 1.29 is 0 Å². The second-order valence-electron chi connectivity index (χ2n) is 2.29. The number of nitrogens with zero attached hydrogens (tertiary/aromatic N) is 2.